The summed E-state index contributed by atoms with van der Waals surface area (Å²) in [6.07, 6.45) is 12.6. The van der Waals surface area contributed by atoms with Crippen molar-refractivity contribution in [1.82, 2.24) is 0 Å². The monoisotopic (exact) mass is 275 g/mol. The first kappa shape index (κ1) is 17.2. The molecule has 1 nitrogen and oxygen atoms in total. The van der Waals surface area contributed by atoms with E-state index in [1.165, 1.54) is 63.4 Å². The number of rotatable bonds is 13. The zero-order valence-electron chi connectivity index (χ0n) is 13.0. The van der Waals surface area contributed by atoms with Crippen molar-refractivity contribution in [2.45, 2.75) is 64.2 Å². The minimum Gasteiger partial charge on any atom is -0.381 e. The van der Waals surface area contributed by atoms with E-state index in [1.807, 2.05) is 0 Å². The maximum atomic E-state index is 5.59. The average Bonchev–Trinajstić information content (AvgIpc) is 2.49. The van der Waals surface area contributed by atoms with Crippen LogP contribution in [0.4, 0.5) is 0 Å². The summed E-state index contributed by atoms with van der Waals surface area (Å²) in [7, 11) is 0. The van der Waals surface area contributed by atoms with Crippen molar-refractivity contribution in [3.8, 4) is 0 Å². The lowest BCUT2D eigenvalue weighted by molar-refractivity contribution is 0.126. The smallest absolute Gasteiger partial charge is 0.0466 e. The van der Waals surface area contributed by atoms with Crippen LogP contribution in [0.25, 0.3) is 0 Å². The van der Waals surface area contributed by atoms with E-state index in [1.54, 1.807) is 0 Å². The minimum absolute atomic E-state index is 0.923. The van der Waals surface area contributed by atoms with Crippen LogP contribution in [-0.4, -0.2) is 13.2 Å². The predicted octanol–water partition coefficient (Wildman–Crippen LogP) is 5.59. The third kappa shape index (κ3) is 10.0. The number of hydrogen-bond acceptors (Lipinski definition) is 1. The van der Waals surface area contributed by atoms with Crippen molar-refractivity contribution in [2.75, 3.05) is 13.2 Å². The van der Waals surface area contributed by atoms with Gasteiger partial charge in [0.05, 0.1) is 0 Å². The minimum atomic E-state index is 0.923. The van der Waals surface area contributed by atoms with Gasteiger partial charge in [-0.1, -0.05) is 75.8 Å². The molecule has 20 heavy (non-hydrogen) atoms. The number of ether oxygens (including phenoxy) is 1. The van der Waals surface area contributed by atoms with E-state index < -0.39 is 0 Å². The summed E-state index contributed by atoms with van der Waals surface area (Å²) in [4.78, 5) is 0. The summed E-state index contributed by atoms with van der Waals surface area (Å²) in [6, 6.07) is 10.8. The molecule has 0 aliphatic heterocycles. The van der Waals surface area contributed by atoms with Crippen LogP contribution in [0.5, 0.6) is 0 Å². The summed E-state index contributed by atoms with van der Waals surface area (Å²) in [6.45, 7) is 5.70. The zero-order valence-corrected chi connectivity index (χ0v) is 13.0. The van der Waals surface area contributed by atoms with Gasteiger partial charge in [0, 0.05) is 13.2 Å². The molecule has 0 N–H and O–H groups in total. The Bertz CT molecular complexity index is 294. The molecule has 0 heterocycles. The van der Waals surface area contributed by atoms with Crippen LogP contribution >= 0.6 is 0 Å². The van der Waals surface area contributed by atoms with E-state index >= 15 is 0 Å². The molecule has 0 unspecified atom stereocenters. The van der Waals surface area contributed by atoms with Gasteiger partial charge in [0.1, 0.15) is 0 Å². The summed E-state index contributed by atoms with van der Waals surface area (Å²) in [5.41, 5.74) is 1.48. The Morgan fingerprint density at radius 1 is 0.700 bits per heavy atom. The molecular formula is C19H31O. The predicted molar refractivity (Wildman–Crippen MR) is 87.9 cm³/mol. The van der Waals surface area contributed by atoms with Crippen molar-refractivity contribution >= 4 is 0 Å². The highest BCUT2D eigenvalue weighted by atomic mass is 16.5. The fraction of sp³-hybridized carbons (Fsp3) is 0.632. The van der Waals surface area contributed by atoms with Crippen molar-refractivity contribution in [3.05, 3.63) is 42.8 Å². The normalized spacial score (nSPS) is 10.8. The second-order valence-corrected chi connectivity index (χ2v) is 5.53. The van der Waals surface area contributed by atoms with E-state index in [2.05, 4.69) is 37.3 Å². The topological polar surface area (TPSA) is 9.23 Å². The second kappa shape index (κ2) is 13.2. The molecule has 0 aliphatic rings. The summed E-state index contributed by atoms with van der Waals surface area (Å²) >= 11 is 0. The third-order valence-corrected chi connectivity index (χ3v) is 3.64. The number of aryl methyl sites for hydroxylation is 1. The summed E-state index contributed by atoms with van der Waals surface area (Å²) in [5, 5.41) is 0. The quantitative estimate of drug-likeness (QED) is 0.426. The lowest BCUT2D eigenvalue weighted by atomic mass is 10.1. The first-order chi connectivity index (χ1) is 9.93. The number of hydrogen-bond donors (Lipinski definition) is 0. The Labute approximate surface area is 125 Å². The van der Waals surface area contributed by atoms with E-state index in [-0.39, 0.29) is 0 Å². The second-order valence-electron chi connectivity index (χ2n) is 5.53. The molecule has 1 heteroatoms. The highest BCUT2D eigenvalue weighted by Gasteiger charge is 1.94. The fourth-order valence-electron chi connectivity index (χ4n) is 2.37. The molecule has 113 valence electrons. The van der Waals surface area contributed by atoms with Gasteiger partial charge in [0.15, 0.2) is 0 Å². The van der Waals surface area contributed by atoms with Crippen molar-refractivity contribution in [2.24, 2.45) is 0 Å². The number of benzene rings is 1. The van der Waals surface area contributed by atoms with Crippen LogP contribution in [0.2, 0.25) is 0 Å². The lowest BCUT2D eigenvalue weighted by Crippen LogP contribution is -1.97. The van der Waals surface area contributed by atoms with Crippen LogP contribution in [0, 0.1) is 6.92 Å². The molecule has 0 fully saturated rings. The standard InChI is InChI=1S/C19H31O/c1-2-3-12-17-20-18-13-7-5-4-6-9-14-19-15-10-8-11-16-19/h8,10-11,15-16H,1-7,9,12-14,17-18H2. The molecule has 1 aromatic carbocycles. The molecule has 1 rings (SSSR count). The molecule has 1 aromatic rings. The molecule has 0 aliphatic carbocycles. The summed E-state index contributed by atoms with van der Waals surface area (Å²) in [5.74, 6) is 0. The fourth-order valence-corrected chi connectivity index (χ4v) is 2.37. The van der Waals surface area contributed by atoms with Crippen molar-refractivity contribution < 1.29 is 4.74 Å². The largest absolute Gasteiger partial charge is 0.381 e. The molecule has 1 radical (unpaired) electrons. The molecule has 0 atom stereocenters. The lowest BCUT2D eigenvalue weighted by Gasteiger charge is -2.04. The van der Waals surface area contributed by atoms with Gasteiger partial charge in [-0.3, -0.25) is 0 Å². The van der Waals surface area contributed by atoms with Crippen molar-refractivity contribution in [1.29, 1.82) is 0 Å². The molecule has 0 saturated carbocycles. The van der Waals surface area contributed by atoms with Gasteiger partial charge >= 0.3 is 0 Å². The first-order valence-electron chi connectivity index (χ1n) is 8.34. The van der Waals surface area contributed by atoms with Gasteiger partial charge in [0.25, 0.3) is 0 Å². The van der Waals surface area contributed by atoms with Crippen molar-refractivity contribution in [3.63, 3.8) is 0 Å². The number of unbranched alkanes of at least 4 members (excludes halogenated alkanes) is 7. The first-order valence-corrected chi connectivity index (χ1v) is 8.34. The van der Waals surface area contributed by atoms with Gasteiger partial charge in [-0.25, -0.2) is 0 Å². The Morgan fingerprint density at radius 3 is 2.00 bits per heavy atom. The maximum absolute atomic E-state index is 5.59. The van der Waals surface area contributed by atoms with Gasteiger partial charge in [-0.15, -0.1) is 0 Å². The Morgan fingerprint density at radius 2 is 1.30 bits per heavy atom. The Kier molecular flexibility index (Phi) is 11.4. The van der Waals surface area contributed by atoms with Crippen LogP contribution in [-0.2, 0) is 11.2 Å². The maximum Gasteiger partial charge on any atom is 0.0466 e. The molecule has 0 saturated heterocycles. The SMILES string of the molecule is [CH2]CCCCOCCCCCCCCc1ccccc1. The summed E-state index contributed by atoms with van der Waals surface area (Å²) < 4.78 is 5.59. The van der Waals surface area contributed by atoms with Crippen LogP contribution in [0.1, 0.15) is 63.4 Å². The average molecular weight is 275 g/mol. The van der Waals surface area contributed by atoms with E-state index in [4.69, 9.17) is 4.74 Å². The molecule has 0 bridgehead atoms. The van der Waals surface area contributed by atoms with Gasteiger partial charge in [-0.2, -0.15) is 0 Å². The van der Waals surface area contributed by atoms with Crippen LogP contribution in [0.15, 0.2) is 30.3 Å². The molecule has 0 amide bonds. The zero-order chi connectivity index (χ0) is 14.3. The van der Waals surface area contributed by atoms with Gasteiger partial charge in [-0.05, 0) is 31.2 Å². The van der Waals surface area contributed by atoms with Crippen LogP contribution in [0.3, 0.4) is 0 Å². The van der Waals surface area contributed by atoms with E-state index in [0.717, 1.165) is 19.6 Å². The van der Waals surface area contributed by atoms with E-state index in [9.17, 15) is 0 Å². The molecule has 0 aromatic heterocycles. The molecule has 0 spiro atoms. The Balaban J connectivity index is 1.77. The highest BCUT2D eigenvalue weighted by Crippen LogP contribution is 2.09. The molecular weight excluding hydrogens is 244 g/mol. The van der Waals surface area contributed by atoms with Gasteiger partial charge in [0.2, 0.25) is 0 Å². The highest BCUT2D eigenvalue weighted by molar-refractivity contribution is 5.14. The Hall–Kier alpha value is -0.820. The van der Waals surface area contributed by atoms with Gasteiger partial charge < -0.3 is 4.74 Å². The van der Waals surface area contributed by atoms with E-state index in [0.29, 0.717) is 0 Å². The van der Waals surface area contributed by atoms with Crippen LogP contribution < -0.4 is 0 Å². The third-order valence-electron chi connectivity index (χ3n) is 3.64.